The van der Waals surface area contributed by atoms with Gasteiger partial charge in [0.2, 0.25) is 0 Å². The van der Waals surface area contributed by atoms with Crippen molar-refractivity contribution in [2.45, 2.75) is 6.92 Å². The highest BCUT2D eigenvalue weighted by Crippen LogP contribution is 2.23. The maximum Gasteiger partial charge on any atom is 0.298 e. The first kappa shape index (κ1) is 11.5. The topological polar surface area (TPSA) is 58.2 Å². The summed E-state index contributed by atoms with van der Waals surface area (Å²) in [5.41, 5.74) is 1.52. The minimum Gasteiger partial charge on any atom is -0.270 e. The highest BCUT2D eigenvalue weighted by atomic mass is 79.9. The molecule has 0 aliphatic rings. The maximum atomic E-state index is 11.2. The Bertz CT molecular complexity index is 431. The molecule has 0 unspecified atom stereocenters. The molecule has 6 heteroatoms. The number of hydrogen-bond acceptors (Lipinski definition) is 2. The highest BCUT2D eigenvalue weighted by Gasteiger charge is 2.08. The molecule has 0 heterocycles. The van der Waals surface area contributed by atoms with E-state index in [1.165, 1.54) is 7.05 Å². The second-order valence-electron chi connectivity index (χ2n) is 2.79. The lowest BCUT2D eigenvalue weighted by Gasteiger charge is -2.08. The van der Waals surface area contributed by atoms with Crippen LogP contribution in [0.2, 0.25) is 0 Å². The SMILES string of the molecule is CNS(=O)(=O)Nc1cc(C)ccc1Br. The van der Waals surface area contributed by atoms with Crippen LogP contribution in [-0.2, 0) is 10.2 Å². The molecule has 0 aromatic heterocycles. The lowest BCUT2D eigenvalue weighted by atomic mass is 10.2. The number of rotatable bonds is 3. The van der Waals surface area contributed by atoms with E-state index in [0.717, 1.165) is 5.56 Å². The zero-order chi connectivity index (χ0) is 10.8. The Hall–Kier alpha value is -0.590. The van der Waals surface area contributed by atoms with E-state index >= 15 is 0 Å². The van der Waals surface area contributed by atoms with Gasteiger partial charge in [0.1, 0.15) is 0 Å². The smallest absolute Gasteiger partial charge is 0.270 e. The molecule has 78 valence electrons. The second kappa shape index (κ2) is 4.29. The molecule has 4 nitrogen and oxygen atoms in total. The third kappa shape index (κ3) is 2.97. The average molecular weight is 279 g/mol. The summed E-state index contributed by atoms with van der Waals surface area (Å²) in [5, 5.41) is 0. The zero-order valence-corrected chi connectivity index (χ0v) is 10.2. The average Bonchev–Trinajstić information content (AvgIpc) is 2.11. The number of halogens is 1. The summed E-state index contributed by atoms with van der Waals surface area (Å²) in [7, 11) is -2.09. The van der Waals surface area contributed by atoms with E-state index in [0.29, 0.717) is 10.2 Å². The number of aryl methyl sites for hydroxylation is 1. The van der Waals surface area contributed by atoms with Crippen molar-refractivity contribution in [1.82, 2.24) is 4.72 Å². The number of hydrogen-bond donors (Lipinski definition) is 2. The molecule has 0 aliphatic carbocycles. The lowest BCUT2D eigenvalue weighted by Crippen LogP contribution is -2.26. The Morgan fingerprint density at radius 3 is 2.57 bits per heavy atom. The van der Waals surface area contributed by atoms with Crippen LogP contribution in [0.15, 0.2) is 22.7 Å². The van der Waals surface area contributed by atoms with Crippen LogP contribution in [0.25, 0.3) is 0 Å². The molecule has 1 aromatic rings. The van der Waals surface area contributed by atoms with Crippen molar-refractivity contribution in [1.29, 1.82) is 0 Å². The molecule has 0 bridgehead atoms. The van der Waals surface area contributed by atoms with Crippen molar-refractivity contribution >= 4 is 31.8 Å². The van der Waals surface area contributed by atoms with Gasteiger partial charge in [0.05, 0.1) is 5.69 Å². The van der Waals surface area contributed by atoms with E-state index in [1.807, 2.05) is 13.0 Å². The van der Waals surface area contributed by atoms with Gasteiger partial charge in [-0.05, 0) is 40.5 Å². The molecule has 2 N–H and O–H groups in total. The lowest BCUT2D eigenvalue weighted by molar-refractivity contribution is 0.593. The Balaban J connectivity index is 3.03. The molecule has 1 rings (SSSR count). The third-order valence-electron chi connectivity index (χ3n) is 1.63. The summed E-state index contributed by atoms with van der Waals surface area (Å²) in [6.45, 7) is 1.89. The molecule has 14 heavy (non-hydrogen) atoms. The van der Waals surface area contributed by atoms with Crippen molar-refractivity contribution < 1.29 is 8.42 Å². The summed E-state index contributed by atoms with van der Waals surface area (Å²) in [5.74, 6) is 0. The molecule has 0 atom stereocenters. The molecule has 0 saturated heterocycles. The standard InChI is InChI=1S/C8H11BrN2O2S/c1-6-3-4-7(9)8(5-6)11-14(12,13)10-2/h3-5,10-11H,1-2H3. The fourth-order valence-electron chi connectivity index (χ4n) is 0.913. The highest BCUT2D eigenvalue weighted by molar-refractivity contribution is 9.10. The molecular formula is C8H11BrN2O2S. The van der Waals surface area contributed by atoms with Gasteiger partial charge < -0.3 is 0 Å². The van der Waals surface area contributed by atoms with E-state index in [-0.39, 0.29) is 0 Å². The number of nitrogens with one attached hydrogen (secondary N) is 2. The summed E-state index contributed by atoms with van der Waals surface area (Å²) < 4.78 is 27.7. The summed E-state index contributed by atoms with van der Waals surface area (Å²) in [6.07, 6.45) is 0. The van der Waals surface area contributed by atoms with Gasteiger partial charge in [0.15, 0.2) is 0 Å². The van der Waals surface area contributed by atoms with Crippen molar-refractivity contribution in [3.63, 3.8) is 0 Å². The predicted octanol–water partition coefficient (Wildman–Crippen LogP) is 1.63. The van der Waals surface area contributed by atoms with Crippen molar-refractivity contribution in [3.8, 4) is 0 Å². The minimum absolute atomic E-state index is 0.527. The van der Waals surface area contributed by atoms with E-state index in [1.54, 1.807) is 12.1 Å². The number of benzene rings is 1. The van der Waals surface area contributed by atoms with E-state index in [2.05, 4.69) is 25.4 Å². The molecular weight excluding hydrogens is 268 g/mol. The predicted molar refractivity (Wildman–Crippen MR) is 60.5 cm³/mol. The van der Waals surface area contributed by atoms with Gasteiger partial charge in [-0.25, -0.2) is 4.72 Å². The van der Waals surface area contributed by atoms with E-state index in [9.17, 15) is 8.42 Å². The molecule has 0 fully saturated rings. The van der Waals surface area contributed by atoms with Gasteiger partial charge in [0.25, 0.3) is 10.2 Å². The quantitative estimate of drug-likeness (QED) is 0.883. The Kier molecular flexibility index (Phi) is 3.52. The van der Waals surface area contributed by atoms with Gasteiger partial charge in [-0.1, -0.05) is 6.07 Å². The van der Waals surface area contributed by atoms with Gasteiger partial charge >= 0.3 is 0 Å². The summed E-state index contributed by atoms with van der Waals surface area (Å²) >= 11 is 3.26. The first-order valence-corrected chi connectivity index (χ1v) is 6.19. The first-order chi connectivity index (χ1) is 6.44. The number of anilines is 1. The van der Waals surface area contributed by atoms with Gasteiger partial charge in [-0.2, -0.15) is 8.42 Å². The fraction of sp³-hybridized carbons (Fsp3) is 0.250. The summed E-state index contributed by atoms with van der Waals surface area (Å²) in [4.78, 5) is 0. The largest absolute Gasteiger partial charge is 0.298 e. The van der Waals surface area contributed by atoms with Crippen LogP contribution in [0, 0.1) is 6.92 Å². The second-order valence-corrected chi connectivity index (χ2v) is 5.27. The molecule has 0 radical (unpaired) electrons. The Morgan fingerprint density at radius 2 is 2.00 bits per heavy atom. The van der Waals surface area contributed by atoms with Crippen LogP contribution in [0.4, 0.5) is 5.69 Å². The fourth-order valence-corrected chi connectivity index (χ4v) is 1.95. The van der Waals surface area contributed by atoms with E-state index in [4.69, 9.17) is 0 Å². The minimum atomic E-state index is -3.44. The van der Waals surface area contributed by atoms with Crippen LogP contribution in [0.1, 0.15) is 5.56 Å². The summed E-state index contributed by atoms with van der Waals surface area (Å²) in [6, 6.07) is 5.43. The molecule has 1 aromatic carbocycles. The van der Waals surface area contributed by atoms with Gasteiger partial charge in [-0.15, -0.1) is 0 Å². The van der Waals surface area contributed by atoms with Crippen molar-refractivity contribution in [2.24, 2.45) is 0 Å². The molecule has 0 saturated carbocycles. The van der Waals surface area contributed by atoms with Crippen LogP contribution >= 0.6 is 15.9 Å². The van der Waals surface area contributed by atoms with Crippen LogP contribution < -0.4 is 9.44 Å². The van der Waals surface area contributed by atoms with Crippen molar-refractivity contribution in [3.05, 3.63) is 28.2 Å². The van der Waals surface area contributed by atoms with Gasteiger partial charge in [-0.3, -0.25) is 4.72 Å². The van der Waals surface area contributed by atoms with Crippen LogP contribution in [0.3, 0.4) is 0 Å². The van der Waals surface area contributed by atoms with Crippen LogP contribution in [0.5, 0.6) is 0 Å². The monoisotopic (exact) mass is 278 g/mol. The normalized spacial score (nSPS) is 11.4. The van der Waals surface area contributed by atoms with Gasteiger partial charge in [0, 0.05) is 11.5 Å². The molecule has 0 aliphatic heterocycles. The molecule has 0 amide bonds. The van der Waals surface area contributed by atoms with Crippen molar-refractivity contribution in [2.75, 3.05) is 11.8 Å². The zero-order valence-electron chi connectivity index (χ0n) is 7.83. The third-order valence-corrected chi connectivity index (χ3v) is 3.35. The Morgan fingerprint density at radius 1 is 1.36 bits per heavy atom. The first-order valence-electron chi connectivity index (χ1n) is 3.92. The molecule has 0 spiro atoms. The van der Waals surface area contributed by atoms with Crippen LogP contribution in [-0.4, -0.2) is 15.5 Å². The van der Waals surface area contributed by atoms with E-state index < -0.39 is 10.2 Å². The maximum absolute atomic E-state index is 11.2. The Labute approximate surface area is 92.0 Å².